The summed E-state index contributed by atoms with van der Waals surface area (Å²) in [4.78, 5) is 31.4. The molecule has 2 aliphatic heterocycles. The Bertz CT molecular complexity index is 864. The maximum Gasteiger partial charge on any atom is 0.322 e. The Morgan fingerprint density at radius 1 is 1.16 bits per heavy atom. The van der Waals surface area contributed by atoms with Gasteiger partial charge in [-0.2, -0.15) is 0 Å². The predicted molar refractivity (Wildman–Crippen MR) is 126 cm³/mol. The van der Waals surface area contributed by atoms with Crippen LogP contribution in [0.3, 0.4) is 0 Å². The third kappa shape index (κ3) is 5.33. The van der Waals surface area contributed by atoms with Crippen LogP contribution in [0.5, 0.6) is 0 Å². The van der Waals surface area contributed by atoms with Gasteiger partial charge in [-0.15, -0.1) is 0 Å². The predicted octanol–water partition coefficient (Wildman–Crippen LogP) is 3.69. The van der Waals surface area contributed by atoms with Gasteiger partial charge in [-0.25, -0.2) is 4.79 Å². The number of piperidine rings is 1. The number of hydrogen-bond acceptors (Lipinski definition) is 4. The second kappa shape index (κ2) is 9.75. The van der Waals surface area contributed by atoms with E-state index in [9.17, 15) is 14.7 Å². The monoisotopic (exact) mass is 482 g/mol. The fourth-order valence-electron chi connectivity index (χ4n) is 4.91. The molecule has 2 N–H and O–H groups in total. The molecule has 3 aliphatic rings. The quantitative estimate of drug-likeness (QED) is 0.670. The molecule has 3 fully saturated rings. The lowest BCUT2D eigenvalue weighted by Gasteiger charge is -2.36. The molecule has 1 aliphatic carbocycles. The highest BCUT2D eigenvalue weighted by Crippen LogP contribution is 2.53. The lowest BCUT2D eigenvalue weighted by molar-refractivity contribution is -0.130. The zero-order valence-corrected chi connectivity index (χ0v) is 20.0. The molecule has 7 nitrogen and oxygen atoms in total. The van der Waals surface area contributed by atoms with Crippen LogP contribution in [-0.4, -0.2) is 83.2 Å². The summed E-state index contributed by atoms with van der Waals surface area (Å²) in [6.07, 6.45) is 4.38. The molecule has 0 radical (unpaired) electrons. The van der Waals surface area contributed by atoms with Crippen molar-refractivity contribution in [2.45, 2.75) is 51.2 Å². The zero-order chi connectivity index (χ0) is 22.9. The first-order valence-electron chi connectivity index (χ1n) is 11.5. The van der Waals surface area contributed by atoms with Crippen LogP contribution in [0.15, 0.2) is 18.2 Å². The van der Waals surface area contributed by atoms with E-state index in [1.807, 2.05) is 11.8 Å². The summed E-state index contributed by atoms with van der Waals surface area (Å²) >= 11 is 12.0. The molecule has 9 heteroatoms. The van der Waals surface area contributed by atoms with Crippen LogP contribution in [0, 0.1) is 5.41 Å². The van der Waals surface area contributed by atoms with Gasteiger partial charge in [0.25, 0.3) is 0 Å². The summed E-state index contributed by atoms with van der Waals surface area (Å²) in [6.45, 7) is 6.19. The average molecular weight is 483 g/mol. The number of aliphatic hydroxyl groups excluding tert-OH is 1. The highest BCUT2D eigenvalue weighted by molar-refractivity contribution is 6.42. The second-order valence-electron chi connectivity index (χ2n) is 9.47. The summed E-state index contributed by atoms with van der Waals surface area (Å²) < 4.78 is 0. The molecule has 1 aromatic rings. The van der Waals surface area contributed by atoms with E-state index in [0.29, 0.717) is 41.8 Å². The minimum atomic E-state index is -0.248. The van der Waals surface area contributed by atoms with E-state index >= 15 is 0 Å². The third-order valence-corrected chi connectivity index (χ3v) is 7.97. The fourth-order valence-corrected chi connectivity index (χ4v) is 5.21. The summed E-state index contributed by atoms with van der Waals surface area (Å²) in [6, 6.07) is 4.61. The van der Waals surface area contributed by atoms with E-state index in [1.54, 1.807) is 23.1 Å². The molecule has 176 valence electrons. The molecule has 2 heterocycles. The van der Waals surface area contributed by atoms with Gasteiger partial charge in [0.05, 0.1) is 16.1 Å². The molecule has 1 saturated carbocycles. The van der Waals surface area contributed by atoms with Gasteiger partial charge >= 0.3 is 6.03 Å². The largest absolute Gasteiger partial charge is 0.391 e. The number of benzene rings is 1. The van der Waals surface area contributed by atoms with Gasteiger partial charge in [0.2, 0.25) is 5.91 Å². The maximum absolute atomic E-state index is 12.8. The number of halogens is 2. The lowest BCUT2D eigenvalue weighted by atomic mass is 9.90. The SMILES string of the molecule is CC1CN(CCCN2CCC3(CC3)C(O)C2)C(=O)CCN1C(=O)Nc1ccc(Cl)c(Cl)c1. The minimum absolute atomic E-state index is 0.0808. The van der Waals surface area contributed by atoms with Crippen LogP contribution in [0.4, 0.5) is 10.5 Å². The number of anilines is 1. The zero-order valence-electron chi connectivity index (χ0n) is 18.5. The van der Waals surface area contributed by atoms with Crippen LogP contribution < -0.4 is 5.32 Å². The highest BCUT2D eigenvalue weighted by Gasteiger charge is 2.51. The molecule has 0 bridgehead atoms. The normalized spacial score (nSPS) is 25.7. The van der Waals surface area contributed by atoms with E-state index in [2.05, 4.69) is 10.2 Å². The molecule has 1 spiro atoms. The maximum atomic E-state index is 12.8. The number of nitrogens with zero attached hydrogens (tertiary/aromatic N) is 3. The van der Waals surface area contributed by atoms with Crippen molar-refractivity contribution in [3.05, 3.63) is 28.2 Å². The van der Waals surface area contributed by atoms with E-state index < -0.39 is 0 Å². The first kappa shape index (κ1) is 23.6. The van der Waals surface area contributed by atoms with Gasteiger partial charge in [-0.3, -0.25) is 4.79 Å². The number of rotatable bonds is 5. The van der Waals surface area contributed by atoms with E-state index in [0.717, 1.165) is 45.3 Å². The Balaban J connectivity index is 1.26. The van der Waals surface area contributed by atoms with E-state index in [4.69, 9.17) is 23.2 Å². The van der Waals surface area contributed by atoms with Crippen LogP contribution in [0.2, 0.25) is 10.0 Å². The number of urea groups is 1. The minimum Gasteiger partial charge on any atom is -0.391 e. The van der Waals surface area contributed by atoms with Crippen molar-refractivity contribution in [1.82, 2.24) is 14.7 Å². The molecule has 2 unspecified atom stereocenters. The topological polar surface area (TPSA) is 76.1 Å². The number of nitrogens with one attached hydrogen (secondary N) is 1. The number of carbonyl (C=O) groups is 2. The van der Waals surface area contributed by atoms with Gasteiger partial charge in [-0.05, 0) is 69.3 Å². The Labute approximate surface area is 199 Å². The second-order valence-corrected chi connectivity index (χ2v) is 10.3. The summed E-state index contributed by atoms with van der Waals surface area (Å²) in [5.74, 6) is 0.0808. The van der Waals surface area contributed by atoms with Crippen molar-refractivity contribution in [3.63, 3.8) is 0 Å². The van der Waals surface area contributed by atoms with Crippen molar-refractivity contribution >= 4 is 40.8 Å². The molecule has 0 aromatic heterocycles. The standard InChI is InChI=1S/C23H32Cl2N4O3/c1-16-14-28(10-2-9-27-12-8-23(6-7-23)20(30)15-27)21(31)5-11-29(16)22(32)26-17-3-4-18(24)19(25)13-17/h3-4,13,16,20,30H,2,5-12,14-15H2,1H3,(H,26,32). The van der Waals surface area contributed by atoms with Gasteiger partial charge in [-0.1, -0.05) is 23.2 Å². The average Bonchev–Trinajstić information content (AvgIpc) is 3.54. The summed E-state index contributed by atoms with van der Waals surface area (Å²) in [5, 5.41) is 14.0. The molecule has 32 heavy (non-hydrogen) atoms. The smallest absolute Gasteiger partial charge is 0.322 e. The van der Waals surface area contributed by atoms with Crippen molar-refractivity contribution in [2.75, 3.05) is 44.6 Å². The molecule has 2 atom stereocenters. The van der Waals surface area contributed by atoms with Gasteiger partial charge in [0.1, 0.15) is 0 Å². The first-order valence-corrected chi connectivity index (χ1v) is 12.2. The van der Waals surface area contributed by atoms with Gasteiger partial charge < -0.3 is 25.1 Å². The van der Waals surface area contributed by atoms with Crippen molar-refractivity contribution in [1.29, 1.82) is 0 Å². The molecule has 3 amide bonds. The van der Waals surface area contributed by atoms with Gasteiger partial charge in [0.15, 0.2) is 0 Å². The van der Waals surface area contributed by atoms with Crippen LogP contribution in [0.25, 0.3) is 0 Å². The third-order valence-electron chi connectivity index (χ3n) is 7.23. The van der Waals surface area contributed by atoms with E-state index in [-0.39, 0.29) is 29.5 Å². The number of hydrogen-bond donors (Lipinski definition) is 2. The fraction of sp³-hybridized carbons (Fsp3) is 0.652. The van der Waals surface area contributed by atoms with Crippen molar-refractivity contribution < 1.29 is 14.7 Å². The lowest BCUT2D eigenvalue weighted by Crippen LogP contribution is -2.46. The number of amides is 3. The molecular weight excluding hydrogens is 451 g/mol. The molecule has 4 rings (SSSR count). The summed E-state index contributed by atoms with van der Waals surface area (Å²) in [7, 11) is 0. The molecule has 2 saturated heterocycles. The Kier molecular flexibility index (Phi) is 7.20. The number of carbonyl (C=O) groups excluding carboxylic acids is 2. The number of β-amino-alcohol motifs (C(OH)–C–C–N with tert-alkyl or cyclic N) is 1. The highest BCUT2D eigenvalue weighted by atomic mass is 35.5. The number of aliphatic hydroxyl groups is 1. The summed E-state index contributed by atoms with van der Waals surface area (Å²) in [5.41, 5.74) is 0.786. The molecular formula is C23H32Cl2N4O3. The molecule has 1 aromatic carbocycles. The number of likely N-dealkylation sites (tertiary alicyclic amines) is 1. The van der Waals surface area contributed by atoms with Gasteiger partial charge in [0, 0.05) is 44.3 Å². The van der Waals surface area contributed by atoms with Crippen LogP contribution in [0.1, 0.15) is 39.0 Å². The van der Waals surface area contributed by atoms with Crippen LogP contribution in [-0.2, 0) is 4.79 Å². The van der Waals surface area contributed by atoms with E-state index in [1.165, 1.54) is 0 Å². The Morgan fingerprint density at radius 2 is 1.94 bits per heavy atom. The van der Waals surface area contributed by atoms with Crippen LogP contribution >= 0.6 is 23.2 Å². The van der Waals surface area contributed by atoms with Crippen molar-refractivity contribution in [2.24, 2.45) is 5.41 Å². The Hall–Kier alpha value is -1.54. The Morgan fingerprint density at radius 3 is 2.62 bits per heavy atom. The first-order chi connectivity index (χ1) is 15.3. The van der Waals surface area contributed by atoms with Crippen molar-refractivity contribution in [3.8, 4) is 0 Å².